The molecule has 2 aromatic rings. The Morgan fingerprint density at radius 3 is 2.68 bits per heavy atom. The minimum atomic E-state index is 0.549. The van der Waals surface area contributed by atoms with Crippen LogP contribution in [-0.4, -0.2) is 9.97 Å². The van der Waals surface area contributed by atoms with Gasteiger partial charge in [0.15, 0.2) is 0 Å². The van der Waals surface area contributed by atoms with Gasteiger partial charge in [-0.05, 0) is 41.4 Å². The Kier molecular flexibility index (Phi) is 5.25. The van der Waals surface area contributed by atoms with Crippen LogP contribution >= 0.6 is 39.3 Å². The molecule has 1 heterocycles. The number of nitrogens with zero attached hydrogens (tertiary/aromatic N) is 2. The normalized spacial score (nSPS) is 10.7. The summed E-state index contributed by atoms with van der Waals surface area (Å²) in [6.45, 7) is 4.06. The van der Waals surface area contributed by atoms with Crippen LogP contribution in [-0.2, 0) is 6.42 Å². The highest BCUT2D eigenvalue weighted by Gasteiger charge is 2.11. The second-order valence-corrected chi connectivity index (χ2v) is 6.39. The largest absolute Gasteiger partial charge is 0.226 e. The summed E-state index contributed by atoms with van der Waals surface area (Å²) in [7, 11) is 0. The quantitative estimate of drug-likeness (QED) is 0.694. The summed E-state index contributed by atoms with van der Waals surface area (Å²) in [5.41, 5.74) is 0.933. The van der Waals surface area contributed by atoms with E-state index in [-0.39, 0.29) is 0 Å². The molecule has 0 aliphatic rings. The summed E-state index contributed by atoms with van der Waals surface area (Å²) in [6.07, 6.45) is 1.86. The molecule has 100 valence electrons. The molecule has 0 aliphatic carbocycles. The van der Waals surface area contributed by atoms with E-state index in [4.69, 9.17) is 11.6 Å². The van der Waals surface area contributed by atoms with Crippen LogP contribution in [0, 0.1) is 6.92 Å². The van der Waals surface area contributed by atoms with E-state index in [1.54, 1.807) is 11.8 Å². The van der Waals surface area contributed by atoms with Crippen LogP contribution < -0.4 is 0 Å². The van der Waals surface area contributed by atoms with Gasteiger partial charge in [-0.3, -0.25) is 0 Å². The van der Waals surface area contributed by atoms with Gasteiger partial charge in [-0.25, -0.2) is 9.97 Å². The van der Waals surface area contributed by atoms with Gasteiger partial charge in [0.2, 0.25) is 0 Å². The molecule has 0 unspecified atom stereocenters. The van der Waals surface area contributed by atoms with Crippen LogP contribution in [0.2, 0.25) is 5.15 Å². The zero-order chi connectivity index (χ0) is 13.8. The standard InChI is InChI=1S/C14H14BrClN2S/c1-3-6-12-17-13(16)9(2)14(18-12)19-11-8-5-4-7-10(11)15/h4-5,7-8H,3,6H2,1-2H3. The highest BCUT2D eigenvalue weighted by molar-refractivity contribution is 9.10. The first-order valence-corrected chi connectivity index (χ1v) is 8.06. The molecule has 0 amide bonds. The topological polar surface area (TPSA) is 25.8 Å². The number of aromatic nitrogens is 2. The predicted octanol–water partition coefficient (Wildman–Crippen LogP) is 5.30. The maximum atomic E-state index is 6.18. The molecular formula is C14H14BrClN2S. The third-order valence-corrected chi connectivity index (χ3v) is 5.09. The van der Waals surface area contributed by atoms with Crippen molar-refractivity contribution in [3.63, 3.8) is 0 Å². The first-order valence-electron chi connectivity index (χ1n) is 6.07. The van der Waals surface area contributed by atoms with Crippen molar-refractivity contribution in [2.75, 3.05) is 0 Å². The fourth-order valence-corrected chi connectivity index (χ4v) is 3.27. The zero-order valence-electron chi connectivity index (χ0n) is 10.8. The maximum Gasteiger partial charge on any atom is 0.136 e. The third kappa shape index (κ3) is 3.71. The monoisotopic (exact) mass is 356 g/mol. The molecule has 0 saturated carbocycles. The molecule has 0 bridgehead atoms. The Morgan fingerprint density at radius 2 is 2.00 bits per heavy atom. The average Bonchev–Trinajstić information content (AvgIpc) is 2.38. The summed E-state index contributed by atoms with van der Waals surface area (Å²) >= 11 is 11.3. The average molecular weight is 358 g/mol. The molecule has 19 heavy (non-hydrogen) atoms. The summed E-state index contributed by atoms with van der Waals surface area (Å²) in [5, 5.41) is 1.48. The Morgan fingerprint density at radius 1 is 1.26 bits per heavy atom. The lowest BCUT2D eigenvalue weighted by Crippen LogP contribution is -1.99. The molecule has 0 atom stereocenters. The summed E-state index contributed by atoms with van der Waals surface area (Å²) in [5.74, 6) is 0.813. The van der Waals surface area contributed by atoms with Gasteiger partial charge in [-0.15, -0.1) is 0 Å². The van der Waals surface area contributed by atoms with Crippen LogP contribution in [0.25, 0.3) is 0 Å². The number of rotatable bonds is 4. The Labute approximate surface area is 131 Å². The highest BCUT2D eigenvalue weighted by atomic mass is 79.9. The number of hydrogen-bond donors (Lipinski definition) is 0. The predicted molar refractivity (Wildman–Crippen MR) is 84.0 cm³/mol. The van der Waals surface area contributed by atoms with Crippen molar-refractivity contribution in [3.8, 4) is 0 Å². The summed E-state index contributed by atoms with van der Waals surface area (Å²) in [4.78, 5) is 10.0. The number of aryl methyl sites for hydroxylation is 1. The van der Waals surface area contributed by atoms with Crippen molar-refractivity contribution in [2.24, 2.45) is 0 Å². The number of halogens is 2. The van der Waals surface area contributed by atoms with Crippen LogP contribution in [0.1, 0.15) is 24.7 Å². The van der Waals surface area contributed by atoms with Gasteiger partial charge in [0, 0.05) is 21.4 Å². The summed E-state index contributed by atoms with van der Waals surface area (Å²) in [6, 6.07) is 8.09. The zero-order valence-corrected chi connectivity index (χ0v) is 13.9. The first kappa shape index (κ1) is 14.8. The molecule has 1 aromatic heterocycles. The molecule has 2 nitrogen and oxygen atoms in total. The fraction of sp³-hybridized carbons (Fsp3) is 0.286. The van der Waals surface area contributed by atoms with Gasteiger partial charge < -0.3 is 0 Å². The number of hydrogen-bond acceptors (Lipinski definition) is 3. The molecular weight excluding hydrogens is 344 g/mol. The molecule has 0 saturated heterocycles. The Bertz CT molecular complexity index is 590. The van der Waals surface area contributed by atoms with Gasteiger partial charge in [0.1, 0.15) is 16.0 Å². The van der Waals surface area contributed by atoms with Crippen molar-refractivity contribution in [2.45, 2.75) is 36.6 Å². The van der Waals surface area contributed by atoms with Crippen molar-refractivity contribution < 1.29 is 0 Å². The van der Waals surface area contributed by atoms with Crippen LogP contribution in [0.15, 0.2) is 38.7 Å². The first-order chi connectivity index (χ1) is 9.11. The molecule has 0 fully saturated rings. The van der Waals surface area contributed by atoms with Crippen molar-refractivity contribution in [3.05, 3.63) is 45.3 Å². The maximum absolute atomic E-state index is 6.18. The Hall–Kier alpha value is -0.580. The van der Waals surface area contributed by atoms with Gasteiger partial charge in [0.25, 0.3) is 0 Å². The minimum absolute atomic E-state index is 0.549. The van der Waals surface area contributed by atoms with Gasteiger partial charge in [0.05, 0.1) is 0 Å². The molecule has 1 aromatic carbocycles. The molecule has 0 aliphatic heterocycles. The smallest absolute Gasteiger partial charge is 0.136 e. The van der Waals surface area contributed by atoms with Crippen molar-refractivity contribution >= 4 is 39.3 Å². The Balaban J connectivity index is 2.36. The second kappa shape index (κ2) is 6.73. The van der Waals surface area contributed by atoms with E-state index in [1.165, 1.54) is 0 Å². The van der Waals surface area contributed by atoms with Gasteiger partial charge >= 0.3 is 0 Å². The minimum Gasteiger partial charge on any atom is -0.226 e. The van der Waals surface area contributed by atoms with E-state index in [9.17, 15) is 0 Å². The molecule has 0 N–H and O–H groups in total. The van der Waals surface area contributed by atoms with E-state index in [0.29, 0.717) is 5.15 Å². The fourth-order valence-electron chi connectivity index (χ4n) is 1.58. The van der Waals surface area contributed by atoms with Crippen LogP contribution in [0.3, 0.4) is 0 Å². The van der Waals surface area contributed by atoms with Gasteiger partial charge in [-0.1, -0.05) is 42.4 Å². The van der Waals surface area contributed by atoms with E-state index in [1.807, 2.05) is 25.1 Å². The van der Waals surface area contributed by atoms with E-state index >= 15 is 0 Å². The van der Waals surface area contributed by atoms with Gasteiger partial charge in [-0.2, -0.15) is 0 Å². The third-order valence-electron chi connectivity index (χ3n) is 2.60. The lowest BCUT2D eigenvalue weighted by atomic mass is 10.3. The lowest BCUT2D eigenvalue weighted by Gasteiger charge is -2.09. The SMILES string of the molecule is CCCc1nc(Cl)c(C)c(Sc2ccccc2Br)n1. The van der Waals surface area contributed by atoms with Crippen LogP contribution in [0.5, 0.6) is 0 Å². The molecule has 0 spiro atoms. The molecule has 5 heteroatoms. The summed E-state index contributed by atoms with van der Waals surface area (Å²) < 4.78 is 1.06. The second-order valence-electron chi connectivity index (χ2n) is 4.14. The lowest BCUT2D eigenvalue weighted by molar-refractivity contribution is 0.801. The van der Waals surface area contributed by atoms with Crippen molar-refractivity contribution in [1.82, 2.24) is 9.97 Å². The van der Waals surface area contributed by atoms with E-state index < -0.39 is 0 Å². The van der Waals surface area contributed by atoms with Crippen LogP contribution in [0.4, 0.5) is 0 Å². The highest BCUT2D eigenvalue weighted by Crippen LogP contribution is 2.35. The van der Waals surface area contributed by atoms with E-state index in [2.05, 4.69) is 38.9 Å². The number of benzene rings is 1. The molecule has 2 rings (SSSR count). The van der Waals surface area contributed by atoms with E-state index in [0.717, 1.165) is 38.6 Å². The van der Waals surface area contributed by atoms with Crippen molar-refractivity contribution in [1.29, 1.82) is 0 Å². The molecule has 0 radical (unpaired) electrons.